The van der Waals surface area contributed by atoms with Crippen LogP contribution in [0.5, 0.6) is 0 Å². The molecule has 0 radical (unpaired) electrons. The maximum Gasteiger partial charge on any atom is 0.396 e. The molecule has 69 heavy (non-hydrogen) atoms. The third-order valence-electron chi connectivity index (χ3n) is 10.2. The molecule has 0 bridgehead atoms. The Hall–Kier alpha value is -5.16. The smallest absolute Gasteiger partial charge is 0.396 e. The molecule has 356 valence electrons. The van der Waals surface area contributed by atoms with Crippen LogP contribution in [0.25, 0.3) is 5.73 Å². The second-order valence-electron chi connectivity index (χ2n) is 18.2. The zero-order valence-corrected chi connectivity index (χ0v) is 47.0. The van der Waals surface area contributed by atoms with Gasteiger partial charge in [0.1, 0.15) is 0 Å². The van der Waals surface area contributed by atoms with Gasteiger partial charge < -0.3 is 33.1 Å². The van der Waals surface area contributed by atoms with Crippen molar-refractivity contribution in [1.82, 2.24) is 0 Å². The molecule has 0 spiro atoms. The third kappa shape index (κ3) is 15.7. The second-order valence-corrected chi connectivity index (χ2v) is 30.3. The van der Waals surface area contributed by atoms with Crippen LogP contribution in [0.3, 0.4) is 0 Å². The first kappa shape index (κ1) is 54.8. The average Bonchev–Trinajstić information content (AvgIpc) is 3.38. The zero-order valence-electron chi connectivity index (χ0n) is 40.1. The van der Waals surface area contributed by atoms with Gasteiger partial charge in [-0.3, -0.25) is 0 Å². The molecule has 8 aromatic carbocycles. The predicted octanol–water partition coefficient (Wildman–Crippen LogP) is 6.35. The standard InChI is InChI=1S/2C24H22O3Si2.C4H10N.C4H9N.W/c2*25-28(21-13-5-1-6-14-21,22-15-7-2-8-16-22)27-29(26,23-17-9-3-10-18-23)24-19-11-4-12-20-24;2*1-4(2,3)5;/h2*1-20,25-26H;5H,1-3H3;1-3H3;/q;;-1;;. The Morgan fingerprint density at radius 2 is 0.420 bits per heavy atom. The topological polar surface area (TPSA) is 136 Å². The summed E-state index contributed by atoms with van der Waals surface area (Å²) in [7, 11) is -14.8. The van der Waals surface area contributed by atoms with Crippen molar-refractivity contribution >= 4 is 75.7 Å². The normalized spacial score (nSPS) is 11.9. The van der Waals surface area contributed by atoms with E-state index in [1.165, 1.54) is 19.6 Å². The van der Waals surface area contributed by atoms with E-state index in [9.17, 15) is 19.2 Å². The van der Waals surface area contributed by atoms with Crippen molar-refractivity contribution in [2.45, 2.75) is 52.6 Å². The van der Waals surface area contributed by atoms with Crippen LogP contribution in [-0.4, -0.2) is 64.5 Å². The molecule has 0 aromatic heterocycles. The average molecular weight is 1160 g/mol. The molecular formula is C56H63N2O6Si4W-. The maximum atomic E-state index is 12.0. The van der Waals surface area contributed by atoms with Gasteiger partial charge in [-0.1, -0.05) is 263 Å². The molecule has 0 fully saturated rings. The molecule has 8 aromatic rings. The van der Waals surface area contributed by atoms with Gasteiger partial charge in [0.05, 0.1) is 0 Å². The summed E-state index contributed by atoms with van der Waals surface area (Å²) in [6, 6.07) is 75.2. The van der Waals surface area contributed by atoms with E-state index in [4.69, 9.17) is 14.0 Å². The molecule has 8 nitrogen and oxygen atoms in total. The number of rotatable bonds is 12. The molecule has 8 rings (SSSR count). The monoisotopic (exact) mass is 1160 g/mol. The summed E-state index contributed by atoms with van der Waals surface area (Å²) in [6.07, 6.45) is 0. The minimum absolute atomic E-state index is 0.204. The van der Waals surface area contributed by atoms with Crippen LogP contribution in [0.15, 0.2) is 246 Å². The van der Waals surface area contributed by atoms with E-state index >= 15 is 0 Å². The quantitative estimate of drug-likeness (QED) is 0.105. The number of hydrogen-bond donors (Lipinski definition) is 4. The van der Waals surface area contributed by atoms with Crippen LogP contribution in [0.4, 0.5) is 0 Å². The Bertz CT molecular complexity index is 2190. The summed E-state index contributed by atoms with van der Waals surface area (Å²) >= 11 is 1.32. The van der Waals surface area contributed by atoms with Crippen molar-refractivity contribution in [3.05, 3.63) is 248 Å². The summed E-state index contributed by atoms with van der Waals surface area (Å²) in [4.78, 5) is 48.0. The first-order chi connectivity index (χ1) is 32.8. The molecule has 5 N–H and O–H groups in total. The molecule has 0 aliphatic heterocycles. The van der Waals surface area contributed by atoms with Crippen molar-refractivity contribution in [3.63, 3.8) is 0 Å². The summed E-state index contributed by atoms with van der Waals surface area (Å²) in [5.41, 5.74) is 6.89. The van der Waals surface area contributed by atoms with Gasteiger partial charge in [-0.05, 0) is 41.5 Å². The van der Waals surface area contributed by atoms with Gasteiger partial charge in [-0.2, -0.15) is 0 Å². The summed E-state index contributed by atoms with van der Waals surface area (Å²) in [5.74, 6) is 0. The molecule has 0 saturated heterocycles. The first-order valence-electron chi connectivity index (χ1n) is 22.7. The van der Waals surface area contributed by atoms with E-state index < -0.39 is 34.2 Å². The van der Waals surface area contributed by atoms with Crippen LogP contribution >= 0.6 is 0 Å². The number of hydrogen-bond acceptors (Lipinski definition) is 7. The fraction of sp³-hybridized carbons (Fsp3) is 0.143. The van der Waals surface area contributed by atoms with Crippen molar-refractivity contribution in [3.8, 4) is 0 Å². The van der Waals surface area contributed by atoms with Gasteiger partial charge in [-0.25, -0.2) is 0 Å². The Morgan fingerprint density at radius 1 is 0.319 bits per heavy atom. The van der Waals surface area contributed by atoms with Crippen molar-refractivity contribution in [2.75, 3.05) is 0 Å². The zero-order chi connectivity index (χ0) is 50.0. The molecule has 0 amide bonds. The van der Waals surface area contributed by atoms with E-state index in [1.807, 2.05) is 263 Å². The van der Waals surface area contributed by atoms with Crippen molar-refractivity contribution in [2.24, 2.45) is 3.50 Å². The fourth-order valence-corrected chi connectivity index (χ4v) is 20.6. The van der Waals surface area contributed by atoms with Gasteiger partial charge in [0.2, 0.25) is 0 Å². The Morgan fingerprint density at radius 3 is 0.507 bits per heavy atom. The van der Waals surface area contributed by atoms with Gasteiger partial charge in [0.15, 0.2) is 0 Å². The van der Waals surface area contributed by atoms with Gasteiger partial charge in [0.25, 0.3) is 0 Å². The predicted molar refractivity (Wildman–Crippen MR) is 289 cm³/mol. The Balaban J connectivity index is 0.000000212. The second kappa shape index (κ2) is 25.1. The maximum absolute atomic E-state index is 12.0. The summed E-state index contributed by atoms with van der Waals surface area (Å²) in [6.45, 7) is 11.9. The number of nitrogens with one attached hydrogen (secondary N) is 1. The number of benzene rings is 8. The molecule has 0 atom stereocenters. The molecule has 0 heterocycles. The van der Waals surface area contributed by atoms with Crippen LogP contribution in [0, 0.1) is 0 Å². The first-order valence-corrected chi connectivity index (χ1v) is 31.4. The van der Waals surface area contributed by atoms with Gasteiger partial charge in [0, 0.05) is 0 Å². The van der Waals surface area contributed by atoms with Crippen LogP contribution in [0.1, 0.15) is 41.5 Å². The Kier molecular flexibility index (Phi) is 19.9. The summed E-state index contributed by atoms with van der Waals surface area (Å²) in [5, 5.41) is 5.59. The molecule has 0 saturated carbocycles. The molecular weight excluding hydrogens is 1090 g/mol. The van der Waals surface area contributed by atoms with E-state index in [0.29, 0.717) is 41.5 Å². The van der Waals surface area contributed by atoms with Crippen molar-refractivity contribution in [1.29, 1.82) is 0 Å². The number of nitrogens with zero attached hydrogens (tertiary/aromatic N) is 1. The Labute approximate surface area is 424 Å². The molecule has 13 heteroatoms. The minimum atomic E-state index is -3.69. The molecule has 0 aliphatic rings. The van der Waals surface area contributed by atoms with E-state index in [2.05, 4.69) is 24.3 Å². The van der Waals surface area contributed by atoms with E-state index in [1.54, 1.807) is 0 Å². The van der Waals surface area contributed by atoms with Crippen LogP contribution in [-0.2, 0) is 27.9 Å². The van der Waals surface area contributed by atoms with Crippen LogP contribution in [0.2, 0.25) is 0 Å². The van der Waals surface area contributed by atoms with Gasteiger partial charge >= 0.3 is 83.7 Å². The SMILES string of the molecule is CC(C)(C)[NH-].CC(C)(C)[N]=[W].O[Si](O[Si](O)(c1ccccc1)c1ccccc1)(c1ccccc1)c1ccccc1.O[Si](O[Si](O)(c1ccccc1)c1ccccc1)(c1ccccc1)c1ccccc1. The van der Waals surface area contributed by atoms with Gasteiger partial charge in [-0.15, -0.1) is 5.54 Å². The molecule has 0 unspecified atom stereocenters. The van der Waals surface area contributed by atoms with E-state index in [-0.39, 0.29) is 11.1 Å². The van der Waals surface area contributed by atoms with Crippen molar-refractivity contribution < 1.29 is 47.0 Å². The third-order valence-corrected chi connectivity index (χ3v) is 25.8. The largest absolute Gasteiger partial charge is 0.404 e. The fourth-order valence-electron chi connectivity index (χ4n) is 6.88. The van der Waals surface area contributed by atoms with E-state index in [0.717, 1.165) is 0 Å². The molecule has 0 aliphatic carbocycles. The van der Waals surface area contributed by atoms with Crippen LogP contribution < -0.4 is 41.5 Å². The summed E-state index contributed by atoms with van der Waals surface area (Å²) < 4.78 is 17.2. The minimum Gasteiger partial charge on any atom is -0.404 e.